The van der Waals surface area contributed by atoms with Crippen LogP contribution in [0.15, 0.2) is 30.3 Å². The van der Waals surface area contributed by atoms with Gasteiger partial charge in [-0.2, -0.15) is 0 Å². The maximum Gasteiger partial charge on any atom is 0.242 e. The molecule has 1 aliphatic heterocycles. The minimum atomic E-state index is -0.774. The van der Waals surface area contributed by atoms with Crippen molar-refractivity contribution in [3.05, 3.63) is 35.9 Å². The Balaban J connectivity index is 2.19. The molecule has 0 radical (unpaired) electrons. The molecular weight excluding hydrogens is 652 g/mol. The number of benzene rings is 1. The standard InChI is InChI=1S/C38H64N6O7/c1-12-25(4)34(43(9)32(46)23-40-38(49)33(24(2)3)42(7)8)30(50-10)22-31(45)44-20-16-19-29(44)35(51-11)26(5)36(47)41-28(37(48)39-6)21-27-17-14-13-15-18-27/h13-15,17-18,24-26,28-30,33-35H,12,16,19-23H2,1-11H3,(H,39,48)(H,40,49)(H,41,47)/t25?,26?,28?,29-,30?,33?,34?,35?/m0/s1. The van der Waals surface area contributed by atoms with Gasteiger partial charge in [0.25, 0.3) is 0 Å². The van der Waals surface area contributed by atoms with E-state index in [2.05, 4.69) is 16.0 Å². The second-order valence-electron chi connectivity index (χ2n) is 14.4. The summed E-state index contributed by atoms with van der Waals surface area (Å²) < 4.78 is 11.8. The summed E-state index contributed by atoms with van der Waals surface area (Å²) in [4.78, 5) is 72.0. The quantitative estimate of drug-likeness (QED) is 0.186. The van der Waals surface area contributed by atoms with E-state index >= 15 is 0 Å². The van der Waals surface area contributed by atoms with E-state index in [1.807, 2.05) is 77.0 Å². The number of carbonyl (C=O) groups excluding carboxylic acids is 5. The molecule has 0 aliphatic carbocycles. The molecule has 3 N–H and O–H groups in total. The lowest BCUT2D eigenvalue weighted by Crippen LogP contribution is -2.55. The number of methoxy groups -OCH3 is 2. The zero-order valence-corrected chi connectivity index (χ0v) is 32.7. The summed E-state index contributed by atoms with van der Waals surface area (Å²) in [7, 11) is 9.98. The summed E-state index contributed by atoms with van der Waals surface area (Å²) in [5.41, 5.74) is 0.916. The van der Waals surface area contributed by atoms with E-state index in [0.717, 1.165) is 18.4 Å². The number of likely N-dealkylation sites (tertiary alicyclic amines) is 1. The van der Waals surface area contributed by atoms with E-state index in [0.29, 0.717) is 19.4 Å². The molecular formula is C38H64N6O7. The number of likely N-dealkylation sites (N-methyl/N-ethyl adjacent to an activating group) is 3. The van der Waals surface area contributed by atoms with Crippen molar-refractivity contribution in [2.24, 2.45) is 17.8 Å². The van der Waals surface area contributed by atoms with Gasteiger partial charge in [0.2, 0.25) is 29.5 Å². The second-order valence-corrected chi connectivity index (χ2v) is 14.4. The average molecular weight is 717 g/mol. The number of nitrogens with zero attached hydrogens (tertiary/aromatic N) is 3. The van der Waals surface area contributed by atoms with Crippen LogP contribution in [-0.2, 0) is 39.9 Å². The number of hydrogen-bond donors (Lipinski definition) is 3. The molecule has 0 bridgehead atoms. The van der Waals surface area contributed by atoms with Crippen molar-refractivity contribution in [3.63, 3.8) is 0 Å². The van der Waals surface area contributed by atoms with E-state index in [4.69, 9.17) is 9.47 Å². The average Bonchev–Trinajstić information content (AvgIpc) is 3.59. The SMILES string of the molecule is CCC(C)C(C(CC(=O)N1CCC[C@H]1C(OC)C(C)C(=O)NC(Cc1ccccc1)C(=O)NC)OC)N(C)C(=O)CNC(=O)C(C(C)C)N(C)C. The molecule has 0 spiro atoms. The van der Waals surface area contributed by atoms with Gasteiger partial charge in [-0.25, -0.2) is 0 Å². The molecule has 1 aliphatic rings. The first kappa shape index (κ1) is 43.6. The summed E-state index contributed by atoms with van der Waals surface area (Å²) >= 11 is 0. The fourth-order valence-corrected chi connectivity index (χ4v) is 7.39. The van der Waals surface area contributed by atoms with Crippen molar-refractivity contribution in [1.29, 1.82) is 0 Å². The summed E-state index contributed by atoms with van der Waals surface area (Å²) in [5, 5.41) is 8.35. The van der Waals surface area contributed by atoms with Gasteiger partial charge in [-0.05, 0) is 44.3 Å². The van der Waals surface area contributed by atoms with Crippen molar-refractivity contribution in [3.8, 4) is 0 Å². The van der Waals surface area contributed by atoms with Crippen molar-refractivity contribution >= 4 is 29.5 Å². The Morgan fingerprint density at radius 1 is 0.941 bits per heavy atom. The minimum absolute atomic E-state index is 0.00782. The lowest BCUT2D eigenvalue weighted by atomic mass is 9.90. The predicted octanol–water partition coefficient (Wildman–Crippen LogP) is 2.08. The Hall–Kier alpha value is -3.55. The normalized spacial score (nSPS) is 18.7. The molecule has 1 aromatic rings. The molecule has 7 unspecified atom stereocenters. The highest BCUT2D eigenvalue weighted by Gasteiger charge is 2.42. The lowest BCUT2D eigenvalue weighted by Gasteiger charge is -2.39. The van der Waals surface area contributed by atoms with Crippen LogP contribution in [0.1, 0.15) is 65.9 Å². The third-order valence-corrected chi connectivity index (χ3v) is 10.3. The van der Waals surface area contributed by atoms with Crippen LogP contribution in [0.25, 0.3) is 0 Å². The molecule has 8 atom stereocenters. The molecule has 0 saturated carbocycles. The van der Waals surface area contributed by atoms with Crippen molar-refractivity contribution in [2.45, 2.75) is 103 Å². The van der Waals surface area contributed by atoms with Gasteiger partial charge in [-0.3, -0.25) is 28.9 Å². The first-order valence-corrected chi connectivity index (χ1v) is 18.2. The van der Waals surface area contributed by atoms with Gasteiger partial charge in [-0.15, -0.1) is 0 Å². The van der Waals surface area contributed by atoms with Crippen molar-refractivity contribution in [1.82, 2.24) is 30.7 Å². The van der Waals surface area contributed by atoms with Gasteiger partial charge in [0.05, 0.1) is 49.2 Å². The number of hydrogen-bond acceptors (Lipinski definition) is 8. The first-order valence-electron chi connectivity index (χ1n) is 18.2. The monoisotopic (exact) mass is 716 g/mol. The second kappa shape index (κ2) is 21.1. The fourth-order valence-electron chi connectivity index (χ4n) is 7.39. The zero-order valence-electron chi connectivity index (χ0n) is 32.7. The highest BCUT2D eigenvalue weighted by Crippen LogP contribution is 2.29. The summed E-state index contributed by atoms with van der Waals surface area (Å²) in [6.07, 6.45) is 1.26. The van der Waals surface area contributed by atoms with E-state index in [-0.39, 0.29) is 66.4 Å². The Morgan fingerprint density at radius 3 is 2.12 bits per heavy atom. The zero-order chi connectivity index (χ0) is 38.4. The molecule has 1 heterocycles. The van der Waals surface area contributed by atoms with Gasteiger partial charge in [0.15, 0.2) is 0 Å². The number of rotatable bonds is 20. The van der Waals surface area contributed by atoms with Gasteiger partial charge < -0.3 is 35.2 Å². The predicted molar refractivity (Wildman–Crippen MR) is 198 cm³/mol. The molecule has 1 fully saturated rings. The molecule has 1 aromatic carbocycles. The number of nitrogens with one attached hydrogen (secondary N) is 3. The Labute approximate surface area is 305 Å². The highest BCUT2D eigenvalue weighted by molar-refractivity contribution is 5.89. The van der Waals surface area contributed by atoms with Crippen molar-refractivity contribution < 1.29 is 33.4 Å². The molecule has 13 nitrogen and oxygen atoms in total. The fraction of sp³-hybridized carbons (Fsp3) is 0.711. The largest absolute Gasteiger partial charge is 0.379 e. The maximum atomic E-state index is 14.0. The third-order valence-electron chi connectivity index (χ3n) is 10.3. The van der Waals surface area contributed by atoms with E-state index in [1.54, 1.807) is 30.9 Å². The summed E-state index contributed by atoms with van der Waals surface area (Å²) in [6.45, 7) is 10.1. The minimum Gasteiger partial charge on any atom is -0.379 e. The van der Waals surface area contributed by atoms with Crippen LogP contribution in [0.4, 0.5) is 0 Å². The Bertz CT molecular complexity index is 1270. The van der Waals surface area contributed by atoms with Crippen LogP contribution in [0.5, 0.6) is 0 Å². The van der Waals surface area contributed by atoms with Crippen LogP contribution in [0.2, 0.25) is 0 Å². The van der Waals surface area contributed by atoms with Crippen LogP contribution in [0.3, 0.4) is 0 Å². The van der Waals surface area contributed by atoms with E-state index < -0.39 is 30.2 Å². The number of carbonyl (C=O) groups is 5. The van der Waals surface area contributed by atoms with Gasteiger partial charge in [0.1, 0.15) is 6.04 Å². The molecule has 13 heteroatoms. The van der Waals surface area contributed by atoms with Crippen molar-refractivity contribution in [2.75, 3.05) is 55.5 Å². The van der Waals surface area contributed by atoms with Crippen LogP contribution < -0.4 is 16.0 Å². The molecule has 288 valence electrons. The molecule has 51 heavy (non-hydrogen) atoms. The number of amides is 5. The first-order chi connectivity index (χ1) is 24.1. The summed E-state index contributed by atoms with van der Waals surface area (Å²) in [5.74, 6) is -1.89. The van der Waals surface area contributed by atoms with Gasteiger partial charge >= 0.3 is 0 Å². The molecule has 1 saturated heterocycles. The number of ether oxygens (including phenoxy) is 2. The summed E-state index contributed by atoms with van der Waals surface area (Å²) in [6, 6.07) is 7.54. The topological polar surface area (TPSA) is 150 Å². The smallest absolute Gasteiger partial charge is 0.242 e. The van der Waals surface area contributed by atoms with E-state index in [1.165, 1.54) is 14.2 Å². The molecule has 0 aromatic heterocycles. The van der Waals surface area contributed by atoms with Crippen LogP contribution in [-0.4, -0.2) is 136 Å². The maximum absolute atomic E-state index is 14.0. The Morgan fingerprint density at radius 2 is 1.59 bits per heavy atom. The van der Waals surface area contributed by atoms with Crippen LogP contribution >= 0.6 is 0 Å². The molecule has 5 amide bonds. The van der Waals surface area contributed by atoms with Gasteiger partial charge in [0, 0.05) is 41.3 Å². The molecule has 2 rings (SSSR count). The lowest BCUT2D eigenvalue weighted by molar-refractivity contribution is -0.146. The van der Waals surface area contributed by atoms with Crippen LogP contribution in [0, 0.1) is 17.8 Å². The van der Waals surface area contributed by atoms with Gasteiger partial charge in [-0.1, -0.05) is 71.4 Å². The highest BCUT2D eigenvalue weighted by atomic mass is 16.5. The van der Waals surface area contributed by atoms with E-state index in [9.17, 15) is 24.0 Å². The third kappa shape index (κ3) is 12.0. The Kier molecular flexibility index (Phi) is 18.0.